The number of anilines is 1. The zero-order chi connectivity index (χ0) is 24.8. The molecule has 7 heteroatoms. The summed E-state index contributed by atoms with van der Waals surface area (Å²) in [6.07, 6.45) is 1.26. The summed E-state index contributed by atoms with van der Waals surface area (Å²) in [7, 11) is 3.29. The van der Waals surface area contributed by atoms with E-state index >= 15 is 0 Å². The Morgan fingerprint density at radius 1 is 0.917 bits per heavy atom. The van der Waals surface area contributed by atoms with Crippen molar-refractivity contribution in [1.82, 2.24) is 14.8 Å². The zero-order valence-corrected chi connectivity index (χ0v) is 20.7. The van der Waals surface area contributed by atoms with Crippen molar-refractivity contribution in [2.45, 2.75) is 31.9 Å². The van der Waals surface area contributed by atoms with Gasteiger partial charge in [0.25, 0.3) is 0 Å². The summed E-state index contributed by atoms with van der Waals surface area (Å²) in [5.74, 6) is 3.30. The molecule has 2 aliphatic heterocycles. The number of fused-ring (bicyclic) bond motifs is 3. The van der Waals surface area contributed by atoms with Crippen LogP contribution in [0.1, 0.15) is 54.2 Å². The molecule has 0 aliphatic carbocycles. The topological polar surface area (TPSA) is 70.4 Å². The molecule has 1 N–H and O–H groups in total. The smallest absolute Gasteiger partial charge is 0.226 e. The molecule has 0 amide bonds. The maximum atomic E-state index is 6.72. The van der Waals surface area contributed by atoms with E-state index in [1.165, 1.54) is 5.56 Å². The van der Waals surface area contributed by atoms with E-state index in [1.54, 1.807) is 20.5 Å². The number of benzene rings is 3. The van der Waals surface area contributed by atoms with Gasteiger partial charge in [0, 0.05) is 11.1 Å². The molecule has 36 heavy (non-hydrogen) atoms. The highest BCUT2D eigenvalue weighted by Crippen LogP contribution is 2.51. The first-order valence-electron chi connectivity index (χ1n) is 12.1. The Hall–Kier alpha value is -4.26. The quantitative estimate of drug-likeness (QED) is 0.379. The predicted molar refractivity (Wildman–Crippen MR) is 139 cm³/mol. The Morgan fingerprint density at radius 3 is 2.42 bits per heavy atom. The fourth-order valence-electron chi connectivity index (χ4n) is 5.09. The summed E-state index contributed by atoms with van der Waals surface area (Å²) in [6.45, 7) is 4.40. The Morgan fingerprint density at radius 2 is 1.67 bits per heavy atom. The van der Waals surface area contributed by atoms with Crippen LogP contribution in [0.25, 0.3) is 5.70 Å². The molecule has 7 nitrogen and oxygen atoms in total. The summed E-state index contributed by atoms with van der Waals surface area (Å²) < 4.78 is 19.8. The minimum atomic E-state index is -0.320. The number of nitrogens with zero attached hydrogens (tertiary/aromatic N) is 3. The summed E-state index contributed by atoms with van der Waals surface area (Å²) in [4.78, 5) is 4.51. The Kier molecular flexibility index (Phi) is 5.40. The van der Waals surface area contributed by atoms with Crippen LogP contribution in [-0.4, -0.2) is 29.0 Å². The van der Waals surface area contributed by atoms with Crippen molar-refractivity contribution in [2.24, 2.45) is 0 Å². The van der Waals surface area contributed by atoms with Crippen LogP contribution in [0.3, 0.4) is 0 Å². The number of ether oxygens (including phenoxy) is 3. The zero-order valence-electron chi connectivity index (χ0n) is 20.7. The fourth-order valence-corrected chi connectivity index (χ4v) is 5.09. The number of nitrogens with one attached hydrogen (secondary N) is 1. The van der Waals surface area contributed by atoms with Crippen LogP contribution in [0.5, 0.6) is 17.2 Å². The minimum Gasteiger partial charge on any atom is -0.493 e. The Labute approximate surface area is 210 Å². The molecule has 0 saturated heterocycles. The van der Waals surface area contributed by atoms with Crippen molar-refractivity contribution in [3.8, 4) is 17.2 Å². The van der Waals surface area contributed by atoms with E-state index in [4.69, 9.17) is 14.2 Å². The van der Waals surface area contributed by atoms with Crippen molar-refractivity contribution in [1.29, 1.82) is 0 Å². The van der Waals surface area contributed by atoms with Gasteiger partial charge in [0.1, 0.15) is 24.2 Å². The van der Waals surface area contributed by atoms with Gasteiger partial charge >= 0.3 is 0 Å². The van der Waals surface area contributed by atoms with Crippen molar-refractivity contribution >= 4 is 11.6 Å². The molecule has 0 bridgehead atoms. The van der Waals surface area contributed by atoms with E-state index in [-0.39, 0.29) is 12.1 Å². The molecule has 0 radical (unpaired) electrons. The maximum absolute atomic E-state index is 6.72. The molecule has 0 spiro atoms. The average molecular weight is 481 g/mol. The fraction of sp³-hybridized carbons (Fsp3) is 0.241. The van der Waals surface area contributed by atoms with E-state index in [2.05, 4.69) is 59.6 Å². The van der Waals surface area contributed by atoms with Gasteiger partial charge in [0.05, 0.1) is 19.9 Å². The Balaban J connectivity index is 1.58. The number of rotatable bonds is 5. The molecule has 4 aromatic rings. The van der Waals surface area contributed by atoms with E-state index in [1.807, 2.05) is 41.1 Å². The number of hydrogen-bond donors (Lipinski definition) is 1. The second kappa shape index (κ2) is 8.75. The van der Waals surface area contributed by atoms with E-state index in [9.17, 15) is 0 Å². The van der Waals surface area contributed by atoms with Crippen LogP contribution in [0.15, 0.2) is 78.6 Å². The third kappa shape index (κ3) is 3.50. The van der Waals surface area contributed by atoms with Crippen molar-refractivity contribution in [3.05, 3.63) is 101 Å². The van der Waals surface area contributed by atoms with Crippen LogP contribution < -0.4 is 19.5 Å². The lowest BCUT2D eigenvalue weighted by atomic mass is 9.84. The minimum absolute atomic E-state index is 0.262. The molecular formula is C29H28N4O3. The summed E-state index contributed by atoms with van der Waals surface area (Å²) in [6, 6.07) is 22.5. The lowest BCUT2D eigenvalue weighted by Gasteiger charge is -2.39. The second-order valence-corrected chi connectivity index (χ2v) is 9.32. The molecular weight excluding hydrogens is 452 g/mol. The largest absolute Gasteiger partial charge is 0.493 e. The first-order chi connectivity index (χ1) is 17.6. The molecule has 6 rings (SSSR count). The SMILES string of the molecule is COc1ccc([C@H]2C3=C(Nc4ncnn42)c2ccccc2O[C@H]3c2ccc(C(C)C)cc2)cc1OC. The van der Waals surface area contributed by atoms with Gasteiger partial charge in [-0.2, -0.15) is 10.1 Å². The normalized spacial score (nSPS) is 18.0. The molecule has 0 unspecified atom stereocenters. The predicted octanol–water partition coefficient (Wildman–Crippen LogP) is 5.98. The van der Waals surface area contributed by atoms with Crippen molar-refractivity contribution < 1.29 is 14.2 Å². The van der Waals surface area contributed by atoms with Crippen molar-refractivity contribution in [3.63, 3.8) is 0 Å². The van der Waals surface area contributed by atoms with Gasteiger partial charge in [-0.15, -0.1) is 0 Å². The number of para-hydroxylation sites is 1. The summed E-state index contributed by atoms with van der Waals surface area (Å²) in [5, 5.41) is 8.15. The van der Waals surface area contributed by atoms with Crippen LogP contribution in [0.2, 0.25) is 0 Å². The molecule has 3 aromatic carbocycles. The second-order valence-electron chi connectivity index (χ2n) is 9.32. The van der Waals surface area contributed by atoms with Gasteiger partial charge in [0.15, 0.2) is 11.5 Å². The molecule has 182 valence electrons. The first-order valence-corrected chi connectivity index (χ1v) is 12.1. The molecule has 0 fully saturated rings. The average Bonchev–Trinajstić information content (AvgIpc) is 3.39. The standard InChI is InChI=1S/C29H28N4O3/c1-17(2)18-9-11-19(12-10-18)28-25-26(21-7-5-6-8-22(21)36-28)32-29-30-16-31-33(29)27(25)20-13-14-23(34-3)24(15-20)35-4/h5-17,27-28H,1-4H3,(H,30,31,32)/t27-,28-/m0/s1. The van der Waals surface area contributed by atoms with Gasteiger partial charge in [-0.1, -0.05) is 56.3 Å². The summed E-state index contributed by atoms with van der Waals surface area (Å²) in [5.41, 5.74) is 6.44. The lowest BCUT2D eigenvalue weighted by Crippen LogP contribution is -2.32. The third-order valence-corrected chi connectivity index (χ3v) is 6.95. The highest BCUT2D eigenvalue weighted by atomic mass is 16.5. The lowest BCUT2D eigenvalue weighted by molar-refractivity contribution is 0.223. The number of aromatic nitrogens is 3. The maximum Gasteiger partial charge on any atom is 0.226 e. The monoisotopic (exact) mass is 480 g/mol. The van der Waals surface area contributed by atoms with E-state index in [0.29, 0.717) is 23.4 Å². The van der Waals surface area contributed by atoms with E-state index in [0.717, 1.165) is 33.7 Å². The molecule has 1 aromatic heterocycles. The van der Waals surface area contributed by atoms with Gasteiger partial charge in [-0.25, -0.2) is 4.68 Å². The molecule has 2 atom stereocenters. The van der Waals surface area contributed by atoms with Crippen LogP contribution >= 0.6 is 0 Å². The van der Waals surface area contributed by atoms with Gasteiger partial charge in [-0.3, -0.25) is 0 Å². The number of methoxy groups -OCH3 is 2. The van der Waals surface area contributed by atoms with Gasteiger partial charge < -0.3 is 19.5 Å². The highest BCUT2D eigenvalue weighted by molar-refractivity contribution is 5.85. The summed E-state index contributed by atoms with van der Waals surface area (Å²) >= 11 is 0. The molecule has 2 aliphatic rings. The van der Waals surface area contributed by atoms with Crippen LogP contribution in [0, 0.1) is 0 Å². The molecule has 0 saturated carbocycles. The first kappa shape index (κ1) is 22.2. The van der Waals surface area contributed by atoms with Gasteiger partial charge in [-0.05, 0) is 46.9 Å². The highest BCUT2D eigenvalue weighted by Gasteiger charge is 2.41. The van der Waals surface area contributed by atoms with Crippen molar-refractivity contribution in [2.75, 3.05) is 19.5 Å². The van der Waals surface area contributed by atoms with Gasteiger partial charge in [0.2, 0.25) is 5.95 Å². The third-order valence-electron chi connectivity index (χ3n) is 6.95. The number of hydrogen-bond acceptors (Lipinski definition) is 6. The van der Waals surface area contributed by atoms with E-state index < -0.39 is 0 Å². The molecule has 3 heterocycles. The van der Waals surface area contributed by atoms with Crippen LogP contribution in [0.4, 0.5) is 5.95 Å². The van der Waals surface area contributed by atoms with Crippen LogP contribution in [-0.2, 0) is 0 Å². The Bertz CT molecular complexity index is 1460.